The van der Waals surface area contributed by atoms with Crippen LogP contribution in [0.5, 0.6) is 11.5 Å². The lowest BCUT2D eigenvalue weighted by Crippen LogP contribution is -1.94. The Balaban J connectivity index is 2.63. The lowest BCUT2D eigenvalue weighted by Gasteiger charge is -2.13. The maximum atomic E-state index is 13.9. The molecule has 0 heterocycles. The molecule has 0 saturated heterocycles. The molecular weight excluding hydrogens is 255 g/mol. The van der Waals surface area contributed by atoms with Crippen molar-refractivity contribution in [3.05, 3.63) is 47.2 Å². The van der Waals surface area contributed by atoms with Gasteiger partial charge < -0.3 is 9.47 Å². The molecule has 0 saturated carbocycles. The van der Waals surface area contributed by atoms with Gasteiger partial charge in [0.15, 0.2) is 11.5 Å². The maximum Gasteiger partial charge on any atom is 0.168 e. The Hall–Kier alpha value is -1.74. The molecule has 0 N–H and O–H groups in total. The van der Waals surface area contributed by atoms with Crippen molar-refractivity contribution in [2.75, 3.05) is 14.2 Å². The number of halogens is 2. The average molecular weight is 267 g/mol. The van der Waals surface area contributed by atoms with Gasteiger partial charge in [-0.3, -0.25) is 0 Å². The summed E-state index contributed by atoms with van der Waals surface area (Å²) in [6.45, 7) is 0. The van der Waals surface area contributed by atoms with Crippen molar-refractivity contribution in [2.24, 2.45) is 0 Å². The lowest BCUT2D eigenvalue weighted by molar-refractivity contribution is 0.356. The molecule has 0 aliphatic heterocycles. The first-order valence-electron chi connectivity index (χ1n) is 5.33. The van der Waals surface area contributed by atoms with E-state index in [1.165, 1.54) is 13.2 Å². The molecule has 0 spiro atoms. The van der Waals surface area contributed by atoms with E-state index in [-0.39, 0.29) is 0 Å². The summed E-state index contributed by atoms with van der Waals surface area (Å²) in [5.74, 6) is 0.666. The maximum absolute atomic E-state index is 13.9. The van der Waals surface area contributed by atoms with Gasteiger partial charge in [-0.05, 0) is 24.3 Å². The summed E-state index contributed by atoms with van der Waals surface area (Å²) in [7, 11) is 3.06. The summed E-state index contributed by atoms with van der Waals surface area (Å²) in [5, 5.41) is 0.359. The van der Waals surface area contributed by atoms with Crippen molar-refractivity contribution in [1.29, 1.82) is 0 Å². The predicted octanol–water partition coefficient (Wildman–Crippen LogP) is 4.16. The molecule has 0 radical (unpaired) electrons. The van der Waals surface area contributed by atoms with E-state index in [0.717, 1.165) is 0 Å². The van der Waals surface area contributed by atoms with Crippen molar-refractivity contribution in [2.45, 2.75) is 0 Å². The van der Waals surface area contributed by atoms with Crippen LogP contribution in [0.3, 0.4) is 0 Å². The van der Waals surface area contributed by atoms with Crippen LogP contribution in [-0.2, 0) is 0 Å². The van der Waals surface area contributed by atoms with Gasteiger partial charge in [0.2, 0.25) is 0 Å². The van der Waals surface area contributed by atoms with Gasteiger partial charge in [-0.15, -0.1) is 0 Å². The molecule has 0 atom stereocenters. The molecule has 2 aromatic carbocycles. The first-order chi connectivity index (χ1) is 8.67. The molecule has 0 unspecified atom stereocenters. The van der Waals surface area contributed by atoms with E-state index in [1.54, 1.807) is 37.4 Å². The van der Waals surface area contributed by atoms with Gasteiger partial charge in [0.25, 0.3) is 0 Å². The minimum absolute atomic E-state index is 0.359. The molecule has 0 amide bonds. The molecule has 0 fully saturated rings. The second kappa shape index (κ2) is 5.27. The summed E-state index contributed by atoms with van der Waals surface area (Å²) < 4.78 is 24.4. The highest BCUT2D eigenvalue weighted by atomic mass is 35.5. The van der Waals surface area contributed by atoms with E-state index in [2.05, 4.69) is 0 Å². The molecule has 0 aliphatic rings. The molecule has 0 bridgehead atoms. The molecule has 2 aromatic rings. The van der Waals surface area contributed by atoms with E-state index in [1.807, 2.05) is 0 Å². The summed E-state index contributed by atoms with van der Waals surface area (Å²) in [5.41, 5.74) is 1.06. The highest BCUT2D eigenvalue weighted by Crippen LogP contribution is 2.39. The van der Waals surface area contributed by atoms with E-state index in [9.17, 15) is 4.39 Å². The van der Waals surface area contributed by atoms with E-state index in [0.29, 0.717) is 27.6 Å². The average Bonchev–Trinajstić information content (AvgIpc) is 2.37. The van der Waals surface area contributed by atoms with Crippen LogP contribution >= 0.6 is 11.6 Å². The number of benzene rings is 2. The molecule has 0 aromatic heterocycles. The van der Waals surface area contributed by atoms with Crippen LogP contribution in [0, 0.1) is 5.82 Å². The zero-order valence-electron chi connectivity index (χ0n) is 10.0. The first-order valence-corrected chi connectivity index (χ1v) is 5.71. The van der Waals surface area contributed by atoms with E-state index < -0.39 is 5.82 Å². The number of hydrogen-bond acceptors (Lipinski definition) is 2. The van der Waals surface area contributed by atoms with Gasteiger partial charge in [0.05, 0.1) is 14.2 Å². The van der Waals surface area contributed by atoms with Crippen molar-refractivity contribution in [3.63, 3.8) is 0 Å². The minimum atomic E-state index is -0.394. The molecule has 4 heteroatoms. The van der Waals surface area contributed by atoms with Crippen molar-refractivity contribution in [3.8, 4) is 22.6 Å². The Morgan fingerprint density at radius 3 is 2.39 bits per heavy atom. The SMILES string of the molecule is COc1cccc(-c2ccc(Cl)cc2F)c1OC. The summed E-state index contributed by atoms with van der Waals surface area (Å²) >= 11 is 5.74. The zero-order valence-corrected chi connectivity index (χ0v) is 10.8. The van der Waals surface area contributed by atoms with E-state index >= 15 is 0 Å². The summed E-state index contributed by atoms with van der Waals surface area (Å²) in [6.07, 6.45) is 0. The Labute approximate surface area is 110 Å². The third kappa shape index (κ3) is 2.27. The largest absolute Gasteiger partial charge is 0.493 e. The highest BCUT2D eigenvalue weighted by Gasteiger charge is 2.14. The molecule has 2 rings (SSSR count). The van der Waals surface area contributed by atoms with Crippen molar-refractivity contribution in [1.82, 2.24) is 0 Å². The zero-order chi connectivity index (χ0) is 13.1. The van der Waals surface area contributed by atoms with Gasteiger partial charge in [0.1, 0.15) is 5.82 Å². The van der Waals surface area contributed by atoms with Crippen LogP contribution in [0.15, 0.2) is 36.4 Å². The Kier molecular flexibility index (Phi) is 3.72. The third-order valence-electron chi connectivity index (χ3n) is 2.62. The first kappa shape index (κ1) is 12.7. The van der Waals surface area contributed by atoms with E-state index in [4.69, 9.17) is 21.1 Å². The van der Waals surface area contributed by atoms with Crippen LogP contribution < -0.4 is 9.47 Å². The van der Waals surface area contributed by atoms with Gasteiger partial charge in [-0.2, -0.15) is 0 Å². The van der Waals surface area contributed by atoms with Gasteiger partial charge in [-0.25, -0.2) is 4.39 Å². The molecular formula is C14H12ClFO2. The van der Waals surface area contributed by atoms with Gasteiger partial charge in [0, 0.05) is 16.1 Å². The van der Waals surface area contributed by atoms with Crippen molar-refractivity contribution >= 4 is 11.6 Å². The standard InChI is InChI=1S/C14H12ClFO2/c1-17-13-5-3-4-11(14(13)18-2)10-7-6-9(15)8-12(10)16/h3-8H,1-2H3. The monoisotopic (exact) mass is 266 g/mol. The summed E-state index contributed by atoms with van der Waals surface area (Å²) in [6, 6.07) is 9.85. The number of hydrogen-bond donors (Lipinski definition) is 0. The Bertz CT molecular complexity index is 570. The topological polar surface area (TPSA) is 18.5 Å². The van der Waals surface area contributed by atoms with Crippen LogP contribution in [0.2, 0.25) is 5.02 Å². The minimum Gasteiger partial charge on any atom is -0.493 e. The smallest absolute Gasteiger partial charge is 0.168 e. The molecule has 94 valence electrons. The molecule has 2 nitrogen and oxygen atoms in total. The highest BCUT2D eigenvalue weighted by molar-refractivity contribution is 6.30. The number of para-hydroxylation sites is 1. The van der Waals surface area contributed by atoms with Crippen molar-refractivity contribution < 1.29 is 13.9 Å². The Morgan fingerprint density at radius 1 is 1.00 bits per heavy atom. The van der Waals surface area contributed by atoms with Crippen LogP contribution in [0.25, 0.3) is 11.1 Å². The van der Waals surface area contributed by atoms with Crippen LogP contribution in [0.1, 0.15) is 0 Å². The predicted molar refractivity (Wildman–Crippen MR) is 70.0 cm³/mol. The Morgan fingerprint density at radius 2 is 1.78 bits per heavy atom. The second-order valence-electron chi connectivity index (χ2n) is 3.67. The molecule has 18 heavy (non-hydrogen) atoms. The normalized spacial score (nSPS) is 10.2. The fourth-order valence-electron chi connectivity index (χ4n) is 1.81. The third-order valence-corrected chi connectivity index (χ3v) is 2.86. The lowest BCUT2D eigenvalue weighted by atomic mass is 10.0. The van der Waals surface area contributed by atoms with Gasteiger partial charge in [-0.1, -0.05) is 23.7 Å². The van der Waals surface area contributed by atoms with Crippen LogP contribution in [-0.4, -0.2) is 14.2 Å². The summed E-state index contributed by atoms with van der Waals surface area (Å²) in [4.78, 5) is 0. The quantitative estimate of drug-likeness (QED) is 0.830. The molecule has 0 aliphatic carbocycles. The number of rotatable bonds is 3. The fraction of sp³-hybridized carbons (Fsp3) is 0.143. The fourth-order valence-corrected chi connectivity index (χ4v) is 1.97. The van der Waals surface area contributed by atoms with Crippen LogP contribution in [0.4, 0.5) is 4.39 Å². The number of ether oxygens (including phenoxy) is 2. The second-order valence-corrected chi connectivity index (χ2v) is 4.10. The van der Waals surface area contributed by atoms with Gasteiger partial charge >= 0.3 is 0 Å². The number of methoxy groups -OCH3 is 2.